The number of nitrogens with one attached hydrogen (secondary N) is 2. The van der Waals surface area contributed by atoms with Gasteiger partial charge in [0, 0.05) is 36.1 Å². The van der Waals surface area contributed by atoms with Crippen molar-refractivity contribution in [1.82, 2.24) is 15.2 Å². The van der Waals surface area contributed by atoms with Gasteiger partial charge in [0.25, 0.3) is 0 Å². The van der Waals surface area contributed by atoms with Crippen LogP contribution >= 0.6 is 0 Å². The molecule has 23 heavy (non-hydrogen) atoms. The van der Waals surface area contributed by atoms with Gasteiger partial charge in [0.2, 0.25) is 0 Å². The van der Waals surface area contributed by atoms with Crippen LogP contribution in [0.2, 0.25) is 0 Å². The first kappa shape index (κ1) is 15.5. The van der Waals surface area contributed by atoms with Gasteiger partial charge in [0.05, 0.1) is 5.69 Å². The van der Waals surface area contributed by atoms with E-state index < -0.39 is 0 Å². The van der Waals surface area contributed by atoms with Gasteiger partial charge in [0.1, 0.15) is 0 Å². The van der Waals surface area contributed by atoms with Crippen molar-refractivity contribution in [2.24, 2.45) is 0 Å². The molecule has 0 radical (unpaired) electrons. The molecule has 1 fully saturated rings. The van der Waals surface area contributed by atoms with Crippen LogP contribution in [0.1, 0.15) is 13.3 Å². The second kappa shape index (κ2) is 6.79. The van der Waals surface area contributed by atoms with Crippen molar-refractivity contribution in [2.75, 3.05) is 18.9 Å². The Kier molecular flexibility index (Phi) is 4.57. The van der Waals surface area contributed by atoms with E-state index in [1.165, 1.54) is 0 Å². The second-order valence-electron chi connectivity index (χ2n) is 6.01. The molecule has 0 saturated carbocycles. The first-order valence-corrected chi connectivity index (χ1v) is 7.93. The molecular formula is C18H22N4O. The lowest BCUT2D eigenvalue weighted by Gasteiger charge is -2.21. The van der Waals surface area contributed by atoms with Crippen LogP contribution in [-0.4, -0.2) is 41.6 Å². The fourth-order valence-electron chi connectivity index (χ4n) is 2.90. The standard InChI is InChI=1S/C18H22N4O/c1-13-16(9-11-22(13)2)21-18(23)20-15-8-10-19-17(12-15)14-6-4-3-5-7-14/h3-8,10,12-13,16H,9,11H2,1-2H3,(H2,19,20,21,23). The number of hydrogen-bond donors (Lipinski definition) is 2. The van der Waals surface area contributed by atoms with Crippen LogP contribution < -0.4 is 10.6 Å². The lowest BCUT2D eigenvalue weighted by Crippen LogP contribution is -2.44. The number of hydrogen-bond acceptors (Lipinski definition) is 3. The predicted molar refractivity (Wildman–Crippen MR) is 92.3 cm³/mol. The Labute approximate surface area is 136 Å². The molecule has 2 N–H and O–H groups in total. The van der Waals surface area contributed by atoms with E-state index in [0.29, 0.717) is 6.04 Å². The van der Waals surface area contributed by atoms with Crippen LogP contribution in [0.4, 0.5) is 10.5 Å². The largest absolute Gasteiger partial charge is 0.334 e. The summed E-state index contributed by atoms with van der Waals surface area (Å²) in [5, 5.41) is 5.96. The topological polar surface area (TPSA) is 57.3 Å². The molecule has 5 nitrogen and oxygen atoms in total. The molecule has 1 aliphatic rings. The van der Waals surface area contributed by atoms with E-state index in [-0.39, 0.29) is 12.1 Å². The molecule has 3 rings (SSSR count). The smallest absolute Gasteiger partial charge is 0.319 e. The number of aromatic nitrogens is 1. The van der Waals surface area contributed by atoms with Crippen LogP contribution in [0.5, 0.6) is 0 Å². The van der Waals surface area contributed by atoms with E-state index in [4.69, 9.17) is 0 Å². The van der Waals surface area contributed by atoms with Crippen LogP contribution in [0.3, 0.4) is 0 Å². The van der Waals surface area contributed by atoms with E-state index in [9.17, 15) is 4.79 Å². The monoisotopic (exact) mass is 310 g/mol. The van der Waals surface area contributed by atoms with Crippen molar-refractivity contribution in [3.8, 4) is 11.3 Å². The zero-order valence-electron chi connectivity index (χ0n) is 13.5. The SMILES string of the molecule is CC1C(NC(=O)Nc2ccnc(-c3ccccc3)c2)CCN1C. The summed E-state index contributed by atoms with van der Waals surface area (Å²) < 4.78 is 0. The predicted octanol–water partition coefficient (Wildman–Crippen LogP) is 2.96. The highest BCUT2D eigenvalue weighted by atomic mass is 16.2. The minimum atomic E-state index is -0.164. The van der Waals surface area contributed by atoms with Crippen LogP contribution in [0.15, 0.2) is 48.7 Å². The first-order valence-electron chi connectivity index (χ1n) is 7.93. The van der Waals surface area contributed by atoms with Gasteiger partial charge >= 0.3 is 6.03 Å². The third-order valence-corrected chi connectivity index (χ3v) is 4.47. The normalized spacial score (nSPS) is 21.1. The molecule has 1 aromatic carbocycles. The summed E-state index contributed by atoms with van der Waals surface area (Å²) in [5.74, 6) is 0. The fraction of sp³-hybridized carbons (Fsp3) is 0.333. The molecular weight excluding hydrogens is 288 g/mol. The van der Waals surface area contributed by atoms with Crippen molar-refractivity contribution in [1.29, 1.82) is 0 Å². The summed E-state index contributed by atoms with van der Waals surface area (Å²) in [7, 11) is 2.08. The summed E-state index contributed by atoms with van der Waals surface area (Å²) >= 11 is 0. The van der Waals surface area contributed by atoms with E-state index in [2.05, 4.69) is 34.5 Å². The average Bonchev–Trinajstić information content (AvgIpc) is 2.88. The van der Waals surface area contributed by atoms with Gasteiger partial charge in [-0.3, -0.25) is 4.98 Å². The Balaban J connectivity index is 1.65. The molecule has 0 bridgehead atoms. The van der Waals surface area contributed by atoms with Crippen molar-refractivity contribution in [3.05, 3.63) is 48.7 Å². The van der Waals surface area contributed by atoms with Gasteiger partial charge in [-0.25, -0.2) is 4.79 Å². The number of likely N-dealkylation sites (N-methyl/N-ethyl adjacent to an activating group) is 1. The maximum Gasteiger partial charge on any atom is 0.319 e. The highest BCUT2D eigenvalue weighted by Gasteiger charge is 2.28. The van der Waals surface area contributed by atoms with Crippen molar-refractivity contribution in [3.63, 3.8) is 0 Å². The lowest BCUT2D eigenvalue weighted by molar-refractivity contribution is 0.243. The Morgan fingerprint density at radius 2 is 2.04 bits per heavy atom. The Morgan fingerprint density at radius 1 is 1.26 bits per heavy atom. The second-order valence-corrected chi connectivity index (χ2v) is 6.01. The molecule has 0 aliphatic carbocycles. The van der Waals surface area contributed by atoms with Gasteiger partial charge in [-0.15, -0.1) is 0 Å². The van der Waals surface area contributed by atoms with E-state index >= 15 is 0 Å². The zero-order chi connectivity index (χ0) is 16.2. The molecule has 1 saturated heterocycles. The molecule has 2 heterocycles. The highest BCUT2D eigenvalue weighted by Crippen LogP contribution is 2.20. The summed E-state index contributed by atoms with van der Waals surface area (Å²) in [6.45, 7) is 3.15. The van der Waals surface area contributed by atoms with Gasteiger partial charge in [-0.2, -0.15) is 0 Å². The molecule has 1 aliphatic heterocycles. The van der Waals surface area contributed by atoms with E-state index in [1.807, 2.05) is 36.4 Å². The summed E-state index contributed by atoms with van der Waals surface area (Å²) in [6.07, 6.45) is 2.70. The highest BCUT2D eigenvalue weighted by molar-refractivity contribution is 5.90. The number of nitrogens with zero attached hydrogens (tertiary/aromatic N) is 2. The number of carbonyl (C=O) groups excluding carboxylic acids is 1. The van der Waals surface area contributed by atoms with E-state index in [0.717, 1.165) is 29.9 Å². The fourth-order valence-corrected chi connectivity index (χ4v) is 2.90. The maximum absolute atomic E-state index is 12.2. The molecule has 2 unspecified atom stereocenters. The Hall–Kier alpha value is -2.40. The molecule has 5 heteroatoms. The third kappa shape index (κ3) is 3.68. The van der Waals surface area contributed by atoms with Gasteiger partial charge in [0.15, 0.2) is 0 Å². The number of anilines is 1. The van der Waals surface area contributed by atoms with Crippen LogP contribution in [0.25, 0.3) is 11.3 Å². The lowest BCUT2D eigenvalue weighted by atomic mass is 10.1. The molecule has 2 aromatic rings. The Bertz CT molecular complexity index is 674. The maximum atomic E-state index is 12.2. The number of urea groups is 1. The van der Waals surface area contributed by atoms with Crippen LogP contribution in [0, 0.1) is 0 Å². The number of benzene rings is 1. The number of carbonyl (C=O) groups is 1. The number of amides is 2. The zero-order valence-corrected chi connectivity index (χ0v) is 13.5. The van der Waals surface area contributed by atoms with Crippen molar-refractivity contribution < 1.29 is 4.79 Å². The molecule has 2 amide bonds. The minimum Gasteiger partial charge on any atom is -0.334 e. The number of rotatable bonds is 3. The van der Waals surface area contributed by atoms with Gasteiger partial charge < -0.3 is 15.5 Å². The molecule has 0 spiro atoms. The summed E-state index contributed by atoms with van der Waals surface area (Å²) in [5.41, 5.74) is 2.62. The number of likely N-dealkylation sites (tertiary alicyclic amines) is 1. The minimum absolute atomic E-state index is 0.164. The average molecular weight is 310 g/mol. The molecule has 120 valence electrons. The molecule has 1 aromatic heterocycles. The van der Waals surface area contributed by atoms with Gasteiger partial charge in [-0.05, 0) is 32.5 Å². The Morgan fingerprint density at radius 3 is 2.74 bits per heavy atom. The number of pyridine rings is 1. The van der Waals surface area contributed by atoms with Crippen molar-refractivity contribution in [2.45, 2.75) is 25.4 Å². The van der Waals surface area contributed by atoms with Crippen molar-refractivity contribution >= 4 is 11.7 Å². The van der Waals surface area contributed by atoms with Gasteiger partial charge in [-0.1, -0.05) is 30.3 Å². The quantitative estimate of drug-likeness (QED) is 0.916. The summed E-state index contributed by atoms with van der Waals surface area (Å²) in [6, 6.07) is 14.0. The van der Waals surface area contributed by atoms with Crippen LogP contribution in [-0.2, 0) is 0 Å². The van der Waals surface area contributed by atoms with E-state index in [1.54, 1.807) is 12.3 Å². The first-order chi connectivity index (χ1) is 11.1. The molecule has 2 atom stereocenters. The summed E-state index contributed by atoms with van der Waals surface area (Å²) in [4.78, 5) is 18.8. The third-order valence-electron chi connectivity index (χ3n) is 4.47.